The van der Waals surface area contributed by atoms with Crippen molar-refractivity contribution in [3.05, 3.63) is 82.1 Å². The predicted octanol–water partition coefficient (Wildman–Crippen LogP) is 7.22. The number of rotatable bonds is 6. The van der Waals surface area contributed by atoms with E-state index in [9.17, 15) is 0 Å². The maximum Gasteiger partial charge on any atom is 0.173 e. The van der Waals surface area contributed by atoms with Gasteiger partial charge >= 0.3 is 0 Å². The van der Waals surface area contributed by atoms with Crippen LogP contribution in [0.5, 0.6) is 11.5 Å². The highest BCUT2D eigenvalue weighted by Crippen LogP contribution is 2.49. The Bertz CT molecular complexity index is 1180. The molecule has 5 rings (SSSR count). The van der Waals surface area contributed by atoms with Crippen LogP contribution in [0.4, 0.5) is 4.39 Å². The van der Waals surface area contributed by atoms with Crippen molar-refractivity contribution in [2.45, 2.75) is 57.1 Å². The van der Waals surface area contributed by atoms with Gasteiger partial charge in [-0.3, -0.25) is 0 Å². The number of nitrogens with one attached hydrogen (secondary N) is 1. The van der Waals surface area contributed by atoms with E-state index in [4.69, 9.17) is 21.1 Å². The maximum atomic E-state index is 15.5. The number of benzene rings is 3. The van der Waals surface area contributed by atoms with Crippen LogP contribution in [0.1, 0.15) is 48.8 Å². The first-order valence-corrected chi connectivity index (χ1v) is 12.5. The van der Waals surface area contributed by atoms with Crippen molar-refractivity contribution in [3.8, 4) is 22.6 Å². The zero-order valence-electron chi connectivity index (χ0n) is 19.8. The summed E-state index contributed by atoms with van der Waals surface area (Å²) in [5.74, 6) is 0.576. The molecule has 1 saturated carbocycles. The van der Waals surface area contributed by atoms with Gasteiger partial charge in [-0.2, -0.15) is 0 Å². The van der Waals surface area contributed by atoms with Crippen molar-refractivity contribution in [1.29, 1.82) is 0 Å². The summed E-state index contributed by atoms with van der Waals surface area (Å²) in [6, 6.07) is 18.1. The Balaban J connectivity index is 1.58. The smallest absolute Gasteiger partial charge is 0.173 e. The minimum absolute atomic E-state index is 0.210. The molecular weight excluding hydrogens is 449 g/mol. The van der Waals surface area contributed by atoms with Crippen LogP contribution in [0.3, 0.4) is 0 Å². The second-order valence-electron chi connectivity index (χ2n) is 9.53. The summed E-state index contributed by atoms with van der Waals surface area (Å²) in [6.07, 6.45) is 6.86. The van der Waals surface area contributed by atoms with Crippen LogP contribution in [0, 0.1) is 12.7 Å². The molecule has 0 bridgehead atoms. The molecule has 0 unspecified atom stereocenters. The van der Waals surface area contributed by atoms with Crippen LogP contribution in [0.15, 0.2) is 54.6 Å². The first-order chi connectivity index (χ1) is 16.5. The standard InChI is InChI=1S/C29H31ClFNO2/c1-19-13-15-25(33-2)28(31)26(19)27-22-17-29(20-9-5-3-6-10-20,34-24(22)16-14-23(27)30)18-32-21-11-7-4-8-12-21/h3,5-6,9-10,13-16,21,32H,4,7-8,11-12,17-18H2,1-2H3/t29-/m1/s1. The molecule has 1 heterocycles. The fraction of sp³-hybridized carbons (Fsp3) is 0.379. The molecule has 3 nitrogen and oxygen atoms in total. The van der Waals surface area contributed by atoms with Gasteiger partial charge in [-0.1, -0.05) is 67.3 Å². The van der Waals surface area contributed by atoms with Gasteiger partial charge in [-0.15, -0.1) is 0 Å². The summed E-state index contributed by atoms with van der Waals surface area (Å²) >= 11 is 6.74. The second kappa shape index (κ2) is 9.59. The highest BCUT2D eigenvalue weighted by molar-refractivity contribution is 6.33. The molecule has 0 spiro atoms. The van der Waals surface area contributed by atoms with Crippen LogP contribution in [-0.4, -0.2) is 19.7 Å². The second-order valence-corrected chi connectivity index (χ2v) is 9.93. The van der Waals surface area contributed by atoms with Crippen LogP contribution in [0.2, 0.25) is 5.02 Å². The number of hydrogen-bond acceptors (Lipinski definition) is 3. The lowest BCUT2D eigenvalue weighted by molar-refractivity contribution is 0.0858. The van der Waals surface area contributed by atoms with E-state index in [1.807, 2.05) is 43.3 Å². The molecule has 3 aromatic carbocycles. The van der Waals surface area contributed by atoms with Crippen molar-refractivity contribution >= 4 is 11.6 Å². The van der Waals surface area contributed by atoms with Crippen LogP contribution in [-0.2, 0) is 12.0 Å². The summed E-state index contributed by atoms with van der Waals surface area (Å²) in [5, 5.41) is 4.32. The number of aryl methyl sites for hydroxylation is 1. The lowest BCUT2D eigenvalue weighted by Gasteiger charge is -2.33. The van der Waals surface area contributed by atoms with Gasteiger partial charge in [0.25, 0.3) is 0 Å². The molecule has 5 heteroatoms. The molecule has 3 aromatic rings. The Morgan fingerprint density at radius 1 is 1.03 bits per heavy atom. The number of ether oxygens (including phenoxy) is 2. The molecule has 1 aliphatic carbocycles. The van der Waals surface area contributed by atoms with Crippen molar-refractivity contribution in [1.82, 2.24) is 5.32 Å². The molecular formula is C29H31ClFNO2. The topological polar surface area (TPSA) is 30.5 Å². The van der Waals surface area contributed by atoms with Gasteiger partial charge in [0, 0.05) is 40.7 Å². The van der Waals surface area contributed by atoms with Crippen molar-refractivity contribution in [2.75, 3.05) is 13.7 Å². The number of halogens is 2. The van der Waals surface area contributed by atoms with E-state index in [0.29, 0.717) is 35.2 Å². The van der Waals surface area contributed by atoms with Crippen molar-refractivity contribution in [2.24, 2.45) is 0 Å². The minimum Gasteiger partial charge on any atom is -0.494 e. The van der Waals surface area contributed by atoms with Gasteiger partial charge in [0.15, 0.2) is 17.2 Å². The fourth-order valence-corrected chi connectivity index (χ4v) is 5.78. The Kier molecular flexibility index (Phi) is 6.54. The monoisotopic (exact) mass is 479 g/mol. The Morgan fingerprint density at radius 2 is 1.79 bits per heavy atom. The van der Waals surface area contributed by atoms with Crippen LogP contribution in [0.25, 0.3) is 11.1 Å². The number of methoxy groups -OCH3 is 1. The lowest BCUT2D eigenvalue weighted by Crippen LogP contribution is -2.46. The molecule has 1 fully saturated rings. The van der Waals surface area contributed by atoms with E-state index in [2.05, 4.69) is 17.4 Å². The SMILES string of the molecule is COc1ccc(C)c(-c2c(Cl)ccc3c2C[C@@](CNC2CCCCC2)(c2ccccc2)O3)c1F. The third-order valence-corrected chi connectivity index (χ3v) is 7.67. The van der Waals surface area contributed by atoms with Crippen molar-refractivity contribution in [3.63, 3.8) is 0 Å². The van der Waals surface area contributed by atoms with E-state index in [0.717, 1.165) is 22.4 Å². The Morgan fingerprint density at radius 3 is 2.53 bits per heavy atom. The number of hydrogen-bond donors (Lipinski definition) is 1. The van der Waals surface area contributed by atoms with Gasteiger partial charge in [-0.25, -0.2) is 4.39 Å². The molecule has 1 N–H and O–H groups in total. The van der Waals surface area contributed by atoms with Crippen LogP contribution < -0.4 is 14.8 Å². The molecule has 2 aliphatic rings. The minimum atomic E-state index is -0.580. The lowest BCUT2D eigenvalue weighted by atomic mass is 9.85. The molecule has 34 heavy (non-hydrogen) atoms. The highest BCUT2D eigenvalue weighted by Gasteiger charge is 2.43. The molecule has 0 radical (unpaired) electrons. The summed E-state index contributed by atoms with van der Waals surface area (Å²) in [4.78, 5) is 0. The highest BCUT2D eigenvalue weighted by atomic mass is 35.5. The average Bonchev–Trinajstić information content (AvgIpc) is 3.25. The van der Waals surface area contributed by atoms with E-state index in [-0.39, 0.29) is 5.75 Å². The zero-order chi connectivity index (χ0) is 23.7. The number of fused-ring (bicyclic) bond motifs is 1. The van der Waals surface area contributed by atoms with Gasteiger partial charge < -0.3 is 14.8 Å². The first-order valence-electron chi connectivity index (χ1n) is 12.2. The molecule has 178 valence electrons. The summed E-state index contributed by atoms with van der Waals surface area (Å²) < 4.78 is 27.6. The Hall–Kier alpha value is -2.56. The molecule has 0 amide bonds. The molecule has 1 atom stereocenters. The third-order valence-electron chi connectivity index (χ3n) is 7.35. The quantitative estimate of drug-likeness (QED) is 0.405. The zero-order valence-corrected chi connectivity index (χ0v) is 20.6. The fourth-order valence-electron chi connectivity index (χ4n) is 5.51. The molecule has 0 saturated heterocycles. The van der Waals surface area contributed by atoms with Gasteiger partial charge in [0.2, 0.25) is 0 Å². The molecule has 1 aliphatic heterocycles. The summed E-state index contributed by atoms with van der Waals surface area (Å²) in [7, 11) is 1.48. The van der Waals surface area contributed by atoms with Crippen molar-refractivity contribution < 1.29 is 13.9 Å². The largest absolute Gasteiger partial charge is 0.494 e. The van der Waals surface area contributed by atoms with E-state index in [1.54, 1.807) is 6.07 Å². The summed E-state index contributed by atoms with van der Waals surface area (Å²) in [6.45, 7) is 2.59. The predicted molar refractivity (Wildman–Crippen MR) is 135 cm³/mol. The van der Waals surface area contributed by atoms with Crippen LogP contribution >= 0.6 is 11.6 Å². The normalized spacial score (nSPS) is 20.1. The first kappa shape index (κ1) is 23.2. The van der Waals surface area contributed by atoms with Gasteiger partial charge in [0.1, 0.15) is 5.75 Å². The summed E-state index contributed by atoms with van der Waals surface area (Å²) in [5.41, 5.74) is 3.46. The maximum absolute atomic E-state index is 15.5. The van der Waals surface area contributed by atoms with Gasteiger partial charge in [-0.05, 0) is 49.1 Å². The molecule has 0 aromatic heterocycles. The van der Waals surface area contributed by atoms with E-state index >= 15 is 4.39 Å². The van der Waals surface area contributed by atoms with Gasteiger partial charge in [0.05, 0.1) is 7.11 Å². The third kappa shape index (κ3) is 4.18. The van der Waals surface area contributed by atoms with E-state index in [1.165, 1.54) is 39.2 Å². The van der Waals surface area contributed by atoms with E-state index < -0.39 is 11.4 Å². The Labute approximate surface area is 206 Å². The average molecular weight is 480 g/mol.